The Bertz CT molecular complexity index is 304. The Morgan fingerprint density at radius 3 is 2.44 bits per heavy atom. The summed E-state index contributed by atoms with van der Waals surface area (Å²) < 4.78 is 0. The molecule has 0 saturated heterocycles. The van der Waals surface area contributed by atoms with Crippen molar-refractivity contribution in [1.82, 2.24) is 5.32 Å². The minimum atomic E-state index is 0.515. The average molecular weight is 219 g/mol. The van der Waals surface area contributed by atoms with E-state index in [4.69, 9.17) is 0 Å². The molecule has 0 aliphatic carbocycles. The third-order valence-corrected chi connectivity index (χ3v) is 2.94. The van der Waals surface area contributed by atoms with Gasteiger partial charge in [-0.25, -0.2) is 0 Å². The Kier molecular flexibility index (Phi) is 5.54. The summed E-state index contributed by atoms with van der Waals surface area (Å²) in [5.74, 6) is 0. The highest BCUT2D eigenvalue weighted by Gasteiger charge is 2.13. The molecule has 1 aromatic rings. The van der Waals surface area contributed by atoms with Gasteiger partial charge in [0.25, 0.3) is 0 Å². The number of nitrogens with one attached hydrogen (secondary N) is 1. The summed E-state index contributed by atoms with van der Waals surface area (Å²) in [6.07, 6.45) is 3.79. The van der Waals surface area contributed by atoms with Gasteiger partial charge >= 0.3 is 0 Å². The molecule has 16 heavy (non-hydrogen) atoms. The number of hydrogen-bond donors (Lipinski definition) is 1. The van der Waals surface area contributed by atoms with Crippen molar-refractivity contribution in [3.63, 3.8) is 0 Å². The molecule has 90 valence electrons. The zero-order valence-corrected chi connectivity index (χ0v) is 11.1. The van der Waals surface area contributed by atoms with Gasteiger partial charge in [0.05, 0.1) is 0 Å². The van der Waals surface area contributed by atoms with E-state index in [1.807, 2.05) is 0 Å². The number of rotatable bonds is 6. The molecular formula is C15H25N. The van der Waals surface area contributed by atoms with E-state index in [9.17, 15) is 0 Å². The van der Waals surface area contributed by atoms with Crippen LogP contribution in [0.4, 0.5) is 0 Å². The molecule has 0 saturated carbocycles. The first-order chi connectivity index (χ1) is 7.65. The van der Waals surface area contributed by atoms with Crippen LogP contribution in [0.15, 0.2) is 24.3 Å². The SMILES string of the molecule is CCCCC(NC(C)C)c1ccccc1C. The molecule has 0 spiro atoms. The van der Waals surface area contributed by atoms with Crippen LogP contribution in [-0.2, 0) is 0 Å². The molecule has 0 aliphatic rings. The van der Waals surface area contributed by atoms with Crippen molar-refractivity contribution in [2.24, 2.45) is 0 Å². The predicted octanol–water partition coefficient (Wildman–Crippen LogP) is 4.22. The van der Waals surface area contributed by atoms with Crippen LogP contribution in [0, 0.1) is 6.92 Å². The van der Waals surface area contributed by atoms with Crippen LogP contribution in [0.2, 0.25) is 0 Å². The third kappa shape index (κ3) is 3.97. The second-order valence-corrected chi connectivity index (χ2v) is 4.87. The van der Waals surface area contributed by atoms with Crippen LogP contribution in [0.25, 0.3) is 0 Å². The molecule has 0 aromatic heterocycles. The van der Waals surface area contributed by atoms with Gasteiger partial charge in [0.2, 0.25) is 0 Å². The van der Waals surface area contributed by atoms with Crippen molar-refractivity contribution in [3.8, 4) is 0 Å². The number of aryl methyl sites for hydroxylation is 1. The van der Waals surface area contributed by atoms with Gasteiger partial charge in [-0.15, -0.1) is 0 Å². The van der Waals surface area contributed by atoms with Gasteiger partial charge in [-0.2, -0.15) is 0 Å². The molecule has 1 aromatic carbocycles. The monoisotopic (exact) mass is 219 g/mol. The van der Waals surface area contributed by atoms with Crippen molar-refractivity contribution in [2.75, 3.05) is 0 Å². The van der Waals surface area contributed by atoms with E-state index in [-0.39, 0.29) is 0 Å². The number of unbranched alkanes of at least 4 members (excludes halogenated alkanes) is 1. The van der Waals surface area contributed by atoms with Crippen LogP contribution >= 0.6 is 0 Å². The molecule has 1 atom stereocenters. The van der Waals surface area contributed by atoms with E-state index < -0.39 is 0 Å². The van der Waals surface area contributed by atoms with Crippen molar-refractivity contribution in [2.45, 2.75) is 59.0 Å². The van der Waals surface area contributed by atoms with Crippen molar-refractivity contribution in [3.05, 3.63) is 35.4 Å². The summed E-state index contributed by atoms with van der Waals surface area (Å²) >= 11 is 0. The standard InChI is InChI=1S/C15H25N/c1-5-6-11-15(16-12(2)3)14-10-8-7-9-13(14)4/h7-10,12,15-16H,5-6,11H2,1-4H3. The molecule has 0 aliphatic heterocycles. The molecule has 1 heteroatoms. The lowest BCUT2D eigenvalue weighted by atomic mass is 9.96. The Morgan fingerprint density at radius 2 is 1.88 bits per heavy atom. The first kappa shape index (κ1) is 13.2. The minimum Gasteiger partial charge on any atom is -0.308 e. The third-order valence-electron chi connectivity index (χ3n) is 2.94. The molecule has 0 heterocycles. The molecule has 0 fully saturated rings. The lowest BCUT2D eigenvalue weighted by Gasteiger charge is -2.23. The molecule has 0 amide bonds. The largest absolute Gasteiger partial charge is 0.308 e. The smallest absolute Gasteiger partial charge is 0.0325 e. The highest BCUT2D eigenvalue weighted by molar-refractivity contribution is 5.28. The summed E-state index contributed by atoms with van der Waals surface area (Å²) in [5, 5.41) is 3.67. The summed E-state index contributed by atoms with van der Waals surface area (Å²) in [6, 6.07) is 9.78. The summed E-state index contributed by atoms with van der Waals surface area (Å²) in [4.78, 5) is 0. The summed E-state index contributed by atoms with van der Waals surface area (Å²) in [7, 11) is 0. The van der Waals surface area contributed by atoms with E-state index in [1.54, 1.807) is 0 Å². The van der Waals surface area contributed by atoms with Gasteiger partial charge in [0.1, 0.15) is 0 Å². The highest BCUT2D eigenvalue weighted by atomic mass is 14.9. The summed E-state index contributed by atoms with van der Waals surface area (Å²) in [5.41, 5.74) is 2.86. The van der Waals surface area contributed by atoms with E-state index in [2.05, 4.69) is 57.3 Å². The maximum atomic E-state index is 3.67. The molecule has 1 rings (SSSR count). The van der Waals surface area contributed by atoms with Crippen molar-refractivity contribution in [1.29, 1.82) is 0 Å². The predicted molar refractivity (Wildman–Crippen MR) is 71.7 cm³/mol. The lowest BCUT2D eigenvalue weighted by Crippen LogP contribution is -2.28. The van der Waals surface area contributed by atoms with E-state index >= 15 is 0 Å². The van der Waals surface area contributed by atoms with Crippen LogP contribution in [0.1, 0.15) is 57.2 Å². The Hall–Kier alpha value is -0.820. The second kappa shape index (κ2) is 6.70. The van der Waals surface area contributed by atoms with Crippen LogP contribution in [0.3, 0.4) is 0 Å². The first-order valence-corrected chi connectivity index (χ1v) is 6.46. The summed E-state index contributed by atoms with van der Waals surface area (Å²) in [6.45, 7) is 8.90. The molecule has 0 bridgehead atoms. The Morgan fingerprint density at radius 1 is 1.19 bits per heavy atom. The van der Waals surface area contributed by atoms with E-state index in [1.165, 1.54) is 30.4 Å². The fourth-order valence-electron chi connectivity index (χ4n) is 2.12. The minimum absolute atomic E-state index is 0.515. The van der Waals surface area contributed by atoms with E-state index in [0.717, 1.165) is 0 Å². The normalized spacial score (nSPS) is 13.1. The maximum absolute atomic E-state index is 3.67. The maximum Gasteiger partial charge on any atom is 0.0325 e. The average Bonchev–Trinajstić information content (AvgIpc) is 2.24. The molecular weight excluding hydrogens is 194 g/mol. The fraction of sp³-hybridized carbons (Fsp3) is 0.600. The number of benzene rings is 1. The van der Waals surface area contributed by atoms with Gasteiger partial charge in [-0.1, -0.05) is 57.9 Å². The second-order valence-electron chi connectivity index (χ2n) is 4.87. The van der Waals surface area contributed by atoms with Crippen LogP contribution in [-0.4, -0.2) is 6.04 Å². The highest BCUT2D eigenvalue weighted by Crippen LogP contribution is 2.23. The zero-order chi connectivity index (χ0) is 12.0. The van der Waals surface area contributed by atoms with Crippen LogP contribution in [0.5, 0.6) is 0 Å². The van der Waals surface area contributed by atoms with Gasteiger partial charge in [0.15, 0.2) is 0 Å². The van der Waals surface area contributed by atoms with Gasteiger partial charge in [0, 0.05) is 12.1 Å². The molecule has 1 nitrogen and oxygen atoms in total. The Balaban J connectivity index is 2.78. The molecule has 1 N–H and O–H groups in total. The quantitative estimate of drug-likeness (QED) is 0.755. The van der Waals surface area contributed by atoms with Gasteiger partial charge in [-0.3, -0.25) is 0 Å². The van der Waals surface area contributed by atoms with Crippen molar-refractivity contribution < 1.29 is 0 Å². The topological polar surface area (TPSA) is 12.0 Å². The molecule has 0 radical (unpaired) electrons. The first-order valence-electron chi connectivity index (χ1n) is 6.46. The molecule has 1 unspecified atom stereocenters. The number of hydrogen-bond acceptors (Lipinski definition) is 1. The van der Waals surface area contributed by atoms with Gasteiger partial charge < -0.3 is 5.32 Å². The van der Waals surface area contributed by atoms with Crippen LogP contribution < -0.4 is 5.32 Å². The fourth-order valence-corrected chi connectivity index (χ4v) is 2.12. The van der Waals surface area contributed by atoms with E-state index in [0.29, 0.717) is 12.1 Å². The lowest BCUT2D eigenvalue weighted by molar-refractivity contribution is 0.438. The Labute approximate surface area is 100 Å². The van der Waals surface area contributed by atoms with Crippen molar-refractivity contribution >= 4 is 0 Å². The van der Waals surface area contributed by atoms with Gasteiger partial charge in [-0.05, 0) is 24.5 Å². The zero-order valence-electron chi connectivity index (χ0n) is 11.1.